The molecule has 3 nitrogen and oxygen atoms in total. The fourth-order valence-corrected chi connectivity index (χ4v) is 0.862. The van der Waals surface area contributed by atoms with E-state index in [1.807, 2.05) is 7.05 Å². The van der Waals surface area contributed by atoms with Crippen LogP contribution in [-0.4, -0.2) is 44.4 Å². The van der Waals surface area contributed by atoms with Crippen LogP contribution in [0.2, 0.25) is 0 Å². The zero-order chi connectivity index (χ0) is 8.36. The normalized spacial score (nSPS) is 10.4. The first kappa shape index (κ1) is 11.6. The van der Waals surface area contributed by atoms with Crippen LogP contribution >= 0.6 is 22.6 Å². The lowest BCUT2D eigenvalue weighted by Crippen LogP contribution is -2.16. The third-order valence-corrected chi connectivity index (χ3v) is 1.53. The van der Waals surface area contributed by atoms with Gasteiger partial charge in [0.15, 0.2) is 0 Å². The molecule has 0 rings (SSSR count). The second-order valence-electron chi connectivity index (χ2n) is 2.02. The largest absolute Gasteiger partial charge is 0.378 e. The minimum atomic E-state index is 0.707. The first-order valence-electron chi connectivity index (χ1n) is 3.78. The summed E-state index contributed by atoms with van der Waals surface area (Å²) in [4.78, 5) is 0. The molecule has 4 heteroatoms. The second-order valence-corrected chi connectivity index (χ2v) is 3.10. The Morgan fingerprint density at radius 3 is 2.27 bits per heavy atom. The van der Waals surface area contributed by atoms with E-state index in [2.05, 4.69) is 27.9 Å². The number of ether oxygens (including phenoxy) is 2. The minimum Gasteiger partial charge on any atom is -0.378 e. The average molecular weight is 273 g/mol. The molecular weight excluding hydrogens is 257 g/mol. The molecule has 0 atom stereocenters. The van der Waals surface area contributed by atoms with Crippen molar-refractivity contribution >= 4 is 22.6 Å². The molecule has 0 radical (unpaired) electrons. The maximum Gasteiger partial charge on any atom is 0.0701 e. The Labute approximate surface area is 82.0 Å². The molecule has 0 amide bonds. The molecule has 0 aliphatic heterocycles. The molecule has 0 spiro atoms. The van der Waals surface area contributed by atoms with Gasteiger partial charge in [-0.05, 0) is 7.05 Å². The number of hydrogen-bond donors (Lipinski definition) is 1. The van der Waals surface area contributed by atoms with Gasteiger partial charge in [0.05, 0.1) is 26.4 Å². The van der Waals surface area contributed by atoms with E-state index in [1.165, 1.54) is 0 Å². The molecule has 11 heavy (non-hydrogen) atoms. The second kappa shape index (κ2) is 10.6. The summed E-state index contributed by atoms with van der Waals surface area (Å²) in [6.45, 7) is 3.93. The van der Waals surface area contributed by atoms with E-state index < -0.39 is 0 Å². The minimum absolute atomic E-state index is 0.707. The highest BCUT2D eigenvalue weighted by molar-refractivity contribution is 14.1. The highest BCUT2D eigenvalue weighted by Crippen LogP contribution is 1.83. The van der Waals surface area contributed by atoms with Crippen molar-refractivity contribution in [2.75, 3.05) is 44.4 Å². The molecule has 0 bridgehead atoms. The number of alkyl halides is 1. The maximum absolute atomic E-state index is 5.23. The zero-order valence-corrected chi connectivity index (χ0v) is 9.09. The van der Waals surface area contributed by atoms with E-state index in [4.69, 9.17) is 9.47 Å². The van der Waals surface area contributed by atoms with Crippen molar-refractivity contribution in [1.82, 2.24) is 5.32 Å². The van der Waals surface area contributed by atoms with Crippen molar-refractivity contribution in [1.29, 1.82) is 0 Å². The van der Waals surface area contributed by atoms with Crippen LogP contribution in [0.25, 0.3) is 0 Å². The van der Waals surface area contributed by atoms with Gasteiger partial charge in [-0.15, -0.1) is 0 Å². The lowest BCUT2D eigenvalue weighted by molar-refractivity contribution is 0.0560. The van der Waals surface area contributed by atoms with E-state index in [0.717, 1.165) is 24.2 Å². The lowest BCUT2D eigenvalue weighted by Gasteiger charge is -2.03. The first-order chi connectivity index (χ1) is 5.41. The monoisotopic (exact) mass is 273 g/mol. The topological polar surface area (TPSA) is 30.5 Å². The molecule has 0 aromatic rings. The first-order valence-corrected chi connectivity index (χ1v) is 5.30. The number of rotatable bonds is 8. The molecule has 0 unspecified atom stereocenters. The lowest BCUT2D eigenvalue weighted by atomic mass is 10.7. The Kier molecular flexibility index (Phi) is 11.2. The zero-order valence-electron chi connectivity index (χ0n) is 6.94. The number of hydrogen-bond acceptors (Lipinski definition) is 3. The standard InChI is InChI=1S/C7H16INO2/c1-9-3-5-11-7-6-10-4-2-8/h9H,2-7H2,1H3. The van der Waals surface area contributed by atoms with Crippen LogP contribution in [0.1, 0.15) is 0 Å². The Hall–Kier alpha value is 0.610. The number of nitrogens with one attached hydrogen (secondary N) is 1. The van der Waals surface area contributed by atoms with Crippen molar-refractivity contribution in [2.45, 2.75) is 0 Å². The quantitative estimate of drug-likeness (QED) is 0.400. The van der Waals surface area contributed by atoms with Gasteiger partial charge in [-0.3, -0.25) is 0 Å². The van der Waals surface area contributed by atoms with Crippen LogP contribution in [0.15, 0.2) is 0 Å². The Balaban J connectivity index is 2.69. The Morgan fingerprint density at radius 2 is 1.73 bits per heavy atom. The van der Waals surface area contributed by atoms with E-state index in [1.54, 1.807) is 0 Å². The molecule has 0 fully saturated rings. The van der Waals surface area contributed by atoms with Gasteiger partial charge in [-0.2, -0.15) is 0 Å². The summed E-state index contributed by atoms with van der Waals surface area (Å²) in [5, 5.41) is 3.00. The molecule has 0 saturated heterocycles. The Morgan fingerprint density at radius 1 is 1.09 bits per heavy atom. The highest BCUT2D eigenvalue weighted by Gasteiger charge is 1.87. The van der Waals surface area contributed by atoms with Crippen molar-refractivity contribution in [2.24, 2.45) is 0 Å². The summed E-state index contributed by atoms with van der Waals surface area (Å²) >= 11 is 2.29. The summed E-state index contributed by atoms with van der Waals surface area (Å²) in [5.74, 6) is 0. The molecule has 0 aliphatic rings. The molecule has 0 heterocycles. The molecule has 68 valence electrons. The number of halogens is 1. The van der Waals surface area contributed by atoms with Crippen molar-refractivity contribution in [3.63, 3.8) is 0 Å². The van der Waals surface area contributed by atoms with Crippen LogP contribution in [0.5, 0.6) is 0 Å². The van der Waals surface area contributed by atoms with Crippen molar-refractivity contribution in [3.8, 4) is 0 Å². The molecule has 1 N–H and O–H groups in total. The van der Waals surface area contributed by atoms with Crippen LogP contribution in [0.4, 0.5) is 0 Å². The summed E-state index contributed by atoms with van der Waals surface area (Å²) in [6.07, 6.45) is 0. The van der Waals surface area contributed by atoms with Gasteiger partial charge in [0.1, 0.15) is 0 Å². The molecular formula is C7H16INO2. The van der Waals surface area contributed by atoms with Crippen molar-refractivity contribution in [3.05, 3.63) is 0 Å². The van der Waals surface area contributed by atoms with Crippen LogP contribution in [-0.2, 0) is 9.47 Å². The van der Waals surface area contributed by atoms with E-state index in [0.29, 0.717) is 13.2 Å². The third-order valence-electron chi connectivity index (χ3n) is 1.09. The molecule has 0 aromatic carbocycles. The van der Waals surface area contributed by atoms with E-state index in [-0.39, 0.29) is 0 Å². The van der Waals surface area contributed by atoms with E-state index in [9.17, 15) is 0 Å². The third kappa shape index (κ3) is 10.6. The van der Waals surface area contributed by atoms with Gasteiger partial charge in [0, 0.05) is 11.0 Å². The SMILES string of the molecule is CNCCOCCOCCI. The molecule has 0 aliphatic carbocycles. The number of likely N-dealkylation sites (N-methyl/N-ethyl adjacent to an activating group) is 1. The van der Waals surface area contributed by atoms with Crippen LogP contribution < -0.4 is 5.32 Å². The van der Waals surface area contributed by atoms with Gasteiger partial charge in [-0.25, -0.2) is 0 Å². The van der Waals surface area contributed by atoms with Gasteiger partial charge in [0.25, 0.3) is 0 Å². The molecule has 0 saturated carbocycles. The van der Waals surface area contributed by atoms with Gasteiger partial charge in [0.2, 0.25) is 0 Å². The summed E-state index contributed by atoms with van der Waals surface area (Å²) in [5.41, 5.74) is 0. The van der Waals surface area contributed by atoms with Gasteiger partial charge >= 0.3 is 0 Å². The predicted molar refractivity (Wildman–Crippen MR) is 54.5 cm³/mol. The fraction of sp³-hybridized carbons (Fsp3) is 1.00. The summed E-state index contributed by atoms with van der Waals surface area (Å²) in [7, 11) is 1.91. The van der Waals surface area contributed by atoms with Gasteiger partial charge < -0.3 is 14.8 Å². The smallest absolute Gasteiger partial charge is 0.0701 e. The average Bonchev–Trinajstić information content (AvgIpc) is 2.03. The fourth-order valence-electron chi connectivity index (χ4n) is 0.551. The predicted octanol–water partition coefficient (Wildman–Crippen LogP) is 0.674. The van der Waals surface area contributed by atoms with Crippen LogP contribution in [0.3, 0.4) is 0 Å². The van der Waals surface area contributed by atoms with Crippen molar-refractivity contribution < 1.29 is 9.47 Å². The maximum atomic E-state index is 5.23. The molecule has 0 aromatic heterocycles. The highest BCUT2D eigenvalue weighted by atomic mass is 127. The summed E-state index contributed by atoms with van der Waals surface area (Å²) in [6, 6.07) is 0. The van der Waals surface area contributed by atoms with Gasteiger partial charge in [-0.1, -0.05) is 22.6 Å². The van der Waals surface area contributed by atoms with E-state index >= 15 is 0 Å². The Bertz CT molecular complexity index is 65.5. The van der Waals surface area contributed by atoms with Crippen LogP contribution in [0, 0.1) is 0 Å². The summed E-state index contributed by atoms with van der Waals surface area (Å²) < 4.78 is 11.5.